The number of hydrogen-bond acceptors (Lipinski definition) is 4. The molecule has 0 aliphatic rings. The second-order valence-corrected chi connectivity index (χ2v) is 6.33. The largest absolute Gasteiger partial charge is 0.456 e. The fraction of sp³-hybridized carbons (Fsp3) is 0.333. The molecule has 0 spiro atoms. The predicted octanol–water partition coefficient (Wildman–Crippen LogP) is 3.49. The van der Waals surface area contributed by atoms with E-state index >= 15 is 0 Å². The first-order valence-electron chi connectivity index (χ1n) is 7.67. The summed E-state index contributed by atoms with van der Waals surface area (Å²) in [6.07, 6.45) is 1.94. The first-order chi connectivity index (χ1) is 11.1. The summed E-state index contributed by atoms with van der Waals surface area (Å²) >= 11 is 1.68. The van der Waals surface area contributed by atoms with E-state index < -0.39 is 0 Å². The molecule has 0 aliphatic carbocycles. The van der Waals surface area contributed by atoms with Crippen molar-refractivity contribution >= 4 is 23.2 Å². The van der Waals surface area contributed by atoms with Gasteiger partial charge in [-0.1, -0.05) is 36.4 Å². The predicted molar refractivity (Wildman–Crippen MR) is 91.2 cm³/mol. The van der Waals surface area contributed by atoms with E-state index in [2.05, 4.69) is 11.4 Å². The van der Waals surface area contributed by atoms with E-state index in [0.717, 1.165) is 18.4 Å². The number of benzene rings is 1. The standard InChI is InChI=1S/C18H21NO3S/c1-14(15-7-3-2-4-8-15)19-17(20)13-22-18(21)11-5-9-16-10-6-12-23-16/h2-4,6-8,10,12,14H,5,9,11,13H2,1H3,(H,19,20)/t14-/m0/s1. The van der Waals surface area contributed by atoms with Crippen molar-refractivity contribution in [2.24, 2.45) is 0 Å². The molecule has 23 heavy (non-hydrogen) atoms. The topological polar surface area (TPSA) is 55.4 Å². The van der Waals surface area contributed by atoms with Crippen molar-refractivity contribution in [1.82, 2.24) is 5.32 Å². The third-order valence-corrected chi connectivity index (χ3v) is 4.36. The molecule has 1 heterocycles. The normalized spacial score (nSPS) is 11.7. The van der Waals surface area contributed by atoms with Gasteiger partial charge in [-0.3, -0.25) is 9.59 Å². The quantitative estimate of drug-likeness (QED) is 0.753. The van der Waals surface area contributed by atoms with Gasteiger partial charge in [0.25, 0.3) is 5.91 Å². The number of carbonyl (C=O) groups is 2. The summed E-state index contributed by atoms with van der Waals surface area (Å²) in [6.45, 7) is 1.67. The molecule has 0 aliphatic heterocycles. The van der Waals surface area contributed by atoms with Crippen molar-refractivity contribution in [2.75, 3.05) is 6.61 Å². The molecule has 0 saturated heterocycles. The molecule has 5 heteroatoms. The van der Waals surface area contributed by atoms with Crippen LogP contribution in [0.3, 0.4) is 0 Å². The second kappa shape index (κ2) is 9.10. The Kier molecular flexibility index (Phi) is 6.81. The lowest BCUT2D eigenvalue weighted by Crippen LogP contribution is -2.31. The Morgan fingerprint density at radius 2 is 1.96 bits per heavy atom. The number of thiophene rings is 1. The number of nitrogens with one attached hydrogen (secondary N) is 1. The molecule has 1 amide bonds. The summed E-state index contributed by atoms with van der Waals surface area (Å²) in [7, 11) is 0. The molecule has 122 valence electrons. The highest BCUT2D eigenvalue weighted by Crippen LogP contribution is 2.12. The maximum Gasteiger partial charge on any atom is 0.306 e. The second-order valence-electron chi connectivity index (χ2n) is 5.29. The zero-order valence-corrected chi connectivity index (χ0v) is 14.0. The third kappa shape index (κ3) is 6.24. The van der Waals surface area contributed by atoms with Gasteiger partial charge in [-0.25, -0.2) is 0 Å². The van der Waals surface area contributed by atoms with Crippen LogP contribution < -0.4 is 5.32 Å². The van der Waals surface area contributed by atoms with E-state index in [0.29, 0.717) is 6.42 Å². The zero-order chi connectivity index (χ0) is 16.5. The molecular weight excluding hydrogens is 310 g/mol. The Hall–Kier alpha value is -2.14. The lowest BCUT2D eigenvalue weighted by molar-refractivity contribution is -0.148. The minimum absolute atomic E-state index is 0.110. The fourth-order valence-corrected chi connectivity index (χ4v) is 2.94. The summed E-state index contributed by atoms with van der Waals surface area (Å²) in [6, 6.07) is 13.6. The molecule has 2 rings (SSSR count). The number of esters is 1. The summed E-state index contributed by atoms with van der Waals surface area (Å²) < 4.78 is 5.01. The van der Waals surface area contributed by atoms with Gasteiger partial charge in [0.1, 0.15) is 0 Å². The van der Waals surface area contributed by atoms with Crippen molar-refractivity contribution in [1.29, 1.82) is 0 Å². The van der Waals surface area contributed by atoms with Crippen molar-refractivity contribution in [3.8, 4) is 0 Å². The number of aryl methyl sites for hydroxylation is 1. The molecule has 1 atom stereocenters. The molecule has 0 fully saturated rings. The summed E-state index contributed by atoms with van der Waals surface area (Å²) in [5, 5.41) is 4.84. The van der Waals surface area contributed by atoms with Crippen LogP contribution in [0, 0.1) is 0 Å². The molecule has 0 saturated carbocycles. The van der Waals surface area contributed by atoms with E-state index in [1.807, 2.05) is 48.7 Å². The van der Waals surface area contributed by atoms with E-state index in [1.54, 1.807) is 11.3 Å². The van der Waals surface area contributed by atoms with Crippen LogP contribution in [-0.2, 0) is 20.7 Å². The van der Waals surface area contributed by atoms with E-state index in [9.17, 15) is 9.59 Å². The van der Waals surface area contributed by atoms with Crippen molar-refractivity contribution in [3.05, 3.63) is 58.3 Å². The molecule has 0 radical (unpaired) electrons. The van der Waals surface area contributed by atoms with Crippen LogP contribution in [0.5, 0.6) is 0 Å². The minimum Gasteiger partial charge on any atom is -0.456 e. The van der Waals surface area contributed by atoms with Crippen LogP contribution in [0.25, 0.3) is 0 Å². The lowest BCUT2D eigenvalue weighted by atomic mass is 10.1. The molecule has 2 aromatic rings. The molecule has 1 aromatic carbocycles. The number of rotatable bonds is 8. The summed E-state index contributed by atoms with van der Waals surface area (Å²) in [4.78, 5) is 24.7. The van der Waals surface area contributed by atoms with E-state index in [4.69, 9.17) is 4.74 Å². The number of ether oxygens (including phenoxy) is 1. The molecular formula is C18H21NO3S. The maximum atomic E-state index is 11.8. The number of amides is 1. The molecule has 1 N–H and O–H groups in total. The number of carbonyl (C=O) groups excluding carboxylic acids is 2. The highest BCUT2D eigenvalue weighted by atomic mass is 32.1. The van der Waals surface area contributed by atoms with Crippen molar-refractivity contribution in [2.45, 2.75) is 32.2 Å². The van der Waals surface area contributed by atoms with Gasteiger partial charge in [0.2, 0.25) is 0 Å². The average Bonchev–Trinajstić information content (AvgIpc) is 3.07. The minimum atomic E-state index is -0.330. The third-order valence-electron chi connectivity index (χ3n) is 3.43. The molecule has 0 unspecified atom stereocenters. The SMILES string of the molecule is C[C@H](NC(=O)COC(=O)CCCc1cccs1)c1ccccc1. The van der Waals surface area contributed by atoms with Crippen LogP contribution in [0.2, 0.25) is 0 Å². The first kappa shape index (κ1) is 17.2. The molecule has 1 aromatic heterocycles. The monoisotopic (exact) mass is 331 g/mol. The van der Waals surface area contributed by atoms with E-state index in [1.165, 1.54) is 4.88 Å². The van der Waals surface area contributed by atoms with Crippen LogP contribution in [0.15, 0.2) is 47.8 Å². The van der Waals surface area contributed by atoms with Crippen LogP contribution in [0.1, 0.15) is 36.2 Å². The van der Waals surface area contributed by atoms with E-state index in [-0.39, 0.29) is 24.5 Å². The average molecular weight is 331 g/mol. The van der Waals surface area contributed by atoms with Gasteiger partial charge < -0.3 is 10.1 Å². The van der Waals surface area contributed by atoms with Gasteiger partial charge in [0.15, 0.2) is 6.61 Å². The van der Waals surface area contributed by atoms with Gasteiger partial charge in [0, 0.05) is 11.3 Å². The van der Waals surface area contributed by atoms with Gasteiger partial charge in [-0.15, -0.1) is 11.3 Å². The van der Waals surface area contributed by atoms with Crippen LogP contribution >= 0.6 is 11.3 Å². The highest BCUT2D eigenvalue weighted by Gasteiger charge is 2.11. The Labute approximate surface area is 140 Å². The zero-order valence-electron chi connectivity index (χ0n) is 13.2. The van der Waals surface area contributed by atoms with Crippen LogP contribution in [0.4, 0.5) is 0 Å². The summed E-state index contributed by atoms with van der Waals surface area (Å²) in [5.74, 6) is -0.614. The Morgan fingerprint density at radius 1 is 1.17 bits per heavy atom. The Bertz CT molecular complexity index is 610. The smallest absolute Gasteiger partial charge is 0.306 e. The van der Waals surface area contributed by atoms with Crippen molar-refractivity contribution in [3.63, 3.8) is 0 Å². The van der Waals surface area contributed by atoms with Crippen LogP contribution in [-0.4, -0.2) is 18.5 Å². The maximum absolute atomic E-state index is 11.8. The first-order valence-corrected chi connectivity index (χ1v) is 8.55. The Balaban J connectivity index is 1.62. The van der Waals surface area contributed by atoms with Gasteiger partial charge in [-0.2, -0.15) is 0 Å². The highest BCUT2D eigenvalue weighted by molar-refractivity contribution is 7.09. The number of hydrogen-bond donors (Lipinski definition) is 1. The van der Waals surface area contributed by atoms with Gasteiger partial charge in [0.05, 0.1) is 6.04 Å². The fourth-order valence-electron chi connectivity index (χ4n) is 2.19. The van der Waals surface area contributed by atoms with Gasteiger partial charge >= 0.3 is 5.97 Å². The summed E-state index contributed by atoms with van der Waals surface area (Å²) in [5.41, 5.74) is 1.02. The molecule has 0 bridgehead atoms. The molecule has 4 nitrogen and oxygen atoms in total. The van der Waals surface area contributed by atoms with Crippen molar-refractivity contribution < 1.29 is 14.3 Å². The lowest BCUT2D eigenvalue weighted by Gasteiger charge is -2.14. The van der Waals surface area contributed by atoms with Gasteiger partial charge in [-0.05, 0) is 36.8 Å². The Morgan fingerprint density at radius 3 is 2.65 bits per heavy atom.